The van der Waals surface area contributed by atoms with Crippen LogP contribution < -0.4 is 11.2 Å². The fourth-order valence-corrected chi connectivity index (χ4v) is 4.29. The number of hydrazone groups is 1. The van der Waals surface area contributed by atoms with Crippen molar-refractivity contribution in [2.45, 2.75) is 62.1 Å². The molecule has 3 N–H and O–H groups in total. The molecule has 25 heavy (non-hydrogen) atoms. The second-order valence-corrected chi connectivity index (χ2v) is 9.23. The molecule has 1 aromatic rings. The van der Waals surface area contributed by atoms with Gasteiger partial charge < -0.3 is 15.2 Å². The smallest absolute Gasteiger partial charge is 0.199 e. The second-order valence-electron chi connectivity index (χ2n) is 7.51. The van der Waals surface area contributed by atoms with Gasteiger partial charge in [-0.1, -0.05) is 32.9 Å². The standard InChI is InChI=1S/C18H25N3O2S2/c1-10-5-6-11(18(2,3)4)7-14(10)25-15-8-12(20-21-17(19)24)16-22-9-13(15)23-16/h5-7,13,15-16H,8-9H2,1-4H3,(H3,19,21,24)/b20-12+/t13-,15+,16-/m0/s1. The monoisotopic (exact) mass is 379 g/mol. The molecule has 136 valence electrons. The summed E-state index contributed by atoms with van der Waals surface area (Å²) < 4.78 is 11.7. The Balaban J connectivity index is 1.80. The molecule has 5 nitrogen and oxygen atoms in total. The molecule has 2 saturated heterocycles. The number of rotatable bonds is 3. The molecule has 0 aliphatic carbocycles. The van der Waals surface area contributed by atoms with Gasteiger partial charge >= 0.3 is 0 Å². The third kappa shape index (κ3) is 4.34. The topological polar surface area (TPSA) is 68.9 Å². The zero-order chi connectivity index (χ0) is 18.2. The number of hydrogen-bond donors (Lipinski definition) is 2. The highest BCUT2D eigenvalue weighted by atomic mass is 32.2. The maximum absolute atomic E-state index is 5.97. The number of fused-ring (bicyclic) bond motifs is 2. The number of ether oxygens (including phenoxy) is 2. The molecule has 0 radical (unpaired) electrons. The van der Waals surface area contributed by atoms with Crippen molar-refractivity contribution in [3.05, 3.63) is 29.3 Å². The number of nitrogens with one attached hydrogen (secondary N) is 1. The molecule has 2 fully saturated rings. The molecule has 0 aromatic heterocycles. The minimum absolute atomic E-state index is 0.0801. The maximum Gasteiger partial charge on any atom is 0.199 e. The number of benzene rings is 1. The van der Waals surface area contributed by atoms with E-state index in [1.54, 1.807) is 0 Å². The van der Waals surface area contributed by atoms with E-state index >= 15 is 0 Å². The lowest BCUT2D eigenvalue weighted by atomic mass is 9.87. The van der Waals surface area contributed by atoms with Gasteiger partial charge in [-0.05, 0) is 41.7 Å². The van der Waals surface area contributed by atoms with E-state index in [0.29, 0.717) is 6.61 Å². The molecule has 0 saturated carbocycles. The summed E-state index contributed by atoms with van der Waals surface area (Å²) in [6.45, 7) is 9.44. The highest BCUT2D eigenvalue weighted by molar-refractivity contribution is 8.00. The van der Waals surface area contributed by atoms with Crippen LogP contribution in [0.15, 0.2) is 28.2 Å². The molecule has 0 unspecified atom stereocenters. The lowest BCUT2D eigenvalue weighted by Gasteiger charge is -2.29. The number of aryl methyl sites for hydroxylation is 1. The molecule has 1 aromatic carbocycles. The van der Waals surface area contributed by atoms with Crippen molar-refractivity contribution in [1.29, 1.82) is 0 Å². The predicted molar refractivity (Wildman–Crippen MR) is 106 cm³/mol. The van der Waals surface area contributed by atoms with Crippen LogP contribution in [0.5, 0.6) is 0 Å². The van der Waals surface area contributed by atoms with E-state index in [4.69, 9.17) is 27.4 Å². The molecular formula is C18H25N3O2S2. The Bertz CT molecular complexity index is 700. The first kappa shape index (κ1) is 18.6. The van der Waals surface area contributed by atoms with Gasteiger partial charge in [0.15, 0.2) is 11.4 Å². The van der Waals surface area contributed by atoms with E-state index < -0.39 is 0 Å². The van der Waals surface area contributed by atoms with Crippen molar-refractivity contribution < 1.29 is 9.47 Å². The summed E-state index contributed by atoms with van der Waals surface area (Å²) in [6, 6.07) is 6.71. The Morgan fingerprint density at radius 3 is 2.84 bits per heavy atom. The quantitative estimate of drug-likeness (QED) is 0.621. The van der Waals surface area contributed by atoms with E-state index in [9.17, 15) is 0 Å². The fourth-order valence-electron chi connectivity index (χ4n) is 2.92. The van der Waals surface area contributed by atoms with Crippen LogP contribution in [0.4, 0.5) is 0 Å². The van der Waals surface area contributed by atoms with Gasteiger partial charge in [-0.25, -0.2) is 0 Å². The van der Waals surface area contributed by atoms with Crippen LogP contribution in [0.2, 0.25) is 0 Å². The lowest BCUT2D eigenvalue weighted by Crippen LogP contribution is -2.39. The number of nitrogens with zero attached hydrogens (tertiary/aromatic N) is 1. The van der Waals surface area contributed by atoms with Gasteiger partial charge in [0.25, 0.3) is 0 Å². The van der Waals surface area contributed by atoms with Gasteiger partial charge in [-0.15, -0.1) is 11.8 Å². The Labute approximate surface area is 158 Å². The molecule has 2 aliphatic rings. The van der Waals surface area contributed by atoms with Crippen LogP contribution in [0.25, 0.3) is 0 Å². The van der Waals surface area contributed by atoms with Crippen LogP contribution in [0.3, 0.4) is 0 Å². The third-order valence-electron chi connectivity index (χ3n) is 4.45. The van der Waals surface area contributed by atoms with E-state index in [1.807, 2.05) is 11.8 Å². The summed E-state index contributed by atoms with van der Waals surface area (Å²) >= 11 is 6.66. The van der Waals surface area contributed by atoms with E-state index in [0.717, 1.165) is 12.1 Å². The van der Waals surface area contributed by atoms with Crippen LogP contribution in [0.1, 0.15) is 38.3 Å². The average Bonchev–Trinajstić information content (AvgIpc) is 2.94. The van der Waals surface area contributed by atoms with E-state index in [-0.39, 0.29) is 28.2 Å². The van der Waals surface area contributed by atoms with Gasteiger partial charge in [0.05, 0.1) is 18.4 Å². The molecular weight excluding hydrogens is 354 g/mol. The van der Waals surface area contributed by atoms with Crippen LogP contribution in [0, 0.1) is 6.92 Å². The molecule has 2 heterocycles. The van der Waals surface area contributed by atoms with Crippen LogP contribution in [-0.2, 0) is 14.9 Å². The normalized spacial score (nSPS) is 27.5. The van der Waals surface area contributed by atoms with E-state index in [1.165, 1.54) is 16.0 Å². The second kappa shape index (κ2) is 7.23. The van der Waals surface area contributed by atoms with Crippen molar-refractivity contribution in [2.24, 2.45) is 10.8 Å². The Hall–Kier alpha value is -1.15. The lowest BCUT2D eigenvalue weighted by molar-refractivity contribution is -0.0150. The van der Waals surface area contributed by atoms with Gasteiger partial charge in [0.2, 0.25) is 0 Å². The highest BCUT2D eigenvalue weighted by Gasteiger charge is 2.42. The molecule has 2 aliphatic heterocycles. The summed E-state index contributed by atoms with van der Waals surface area (Å²) in [4.78, 5) is 1.29. The number of nitrogens with two attached hydrogens (primary N) is 1. The van der Waals surface area contributed by atoms with Gasteiger partial charge in [0, 0.05) is 16.6 Å². The SMILES string of the molecule is Cc1ccc(C(C)(C)C)cc1S[C@@H]1C/C(=N\NC(N)=S)[C@H]2OC[C@@H]1O2. The highest BCUT2D eigenvalue weighted by Crippen LogP contribution is 2.39. The summed E-state index contributed by atoms with van der Waals surface area (Å²) in [5.74, 6) is 0. The molecule has 0 amide bonds. The first-order valence-corrected chi connectivity index (χ1v) is 9.69. The first-order valence-electron chi connectivity index (χ1n) is 8.41. The summed E-state index contributed by atoms with van der Waals surface area (Å²) in [5, 5.41) is 4.66. The van der Waals surface area contributed by atoms with Crippen molar-refractivity contribution in [1.82, 2.24) is 5.43 Å². The number of thiocarbonyl (C=S) groups is 1. The molecule has 3 rings (SSSR count). The van der Waals surface area contributed by atoms with Crippen LogP contribution >= 0.6 is 24.0 Å². The zero-order valence-corrected chi connectivity index (χ0v) is 16.7. The number of hydrogen-bond acceptors (Lipinski definition) is 5. The van der Waals surface area contributed by atoms with Crippen LogP contribution in [-0.4, -0.2) is 35.1 Å². The maximum atomic E-state index is 5.97. The summed E-state index contributed by atoms with van der Waals surface area (Å²) in [6.07, 6.45) is 0.483. The van der Waals surface area contributed by atoms with Gasteiger partial charge in [-0.3, -0.25) is 5.43 Å². The minimum Gasteiger partial charge on any atom is -0.375 e. The Morgan fingerprint density at radius 2 is 2.16 bits per heavy atom. The molecule has 3 atom stereocenters. The van der Waals surface area contributed by atoms with E-state index in [2.05, 4.69) is 56.4 Å². The average molecular weight is 380 g/mol. The molecule has 0 spiro atoms. The zero-order valence-electron chi connectivity index (χ0n) is 15.0. The largest absolute Gasteiger partial charge is 0.375 e. The van der Waals surface area contributed by atoms with Gasteiger partial charge in [0.1, 0.15) is 0 Å². The third-order valence-corrected chi connectivity index (χ3v) is 6.01. The number of thioether (sulfide) groups is 1. The van der Waals surface area contributed by atoms with Crippen molar-refractivity contribution in [3.8, 4) is 0 Å². The Morgan fingerprint density at radius 1 is 1.40 bits per heavy atom. The van der Waals surface area contributed by atoms with Gasteiger partial charge in [-0.2, -0.15) is 5.10 Å². The van der Waals surface area contributed by atoms with Crippen molar-refractivity contribution >= 4 is 34.8 Å². The predicted octanol–water partition coefficient (Wildman–Crippen LogP) is 3.09. The van der Waals surface area contributed by atoms with Crippen molar-refractivity contribution in [3.63, 3.8) is 0 Å². The Kier molecular flexibility index (Phi) is 5.39. The van der Waals surface area contributed by atoms with Crippen molar-refractivity contribution in [2.75, 3.05) is 6.61 Å². The first-order chi connectivity index (χ1) is 11.7. The molecule has 2 bridgehead atoms. The fraction of sp³-hybridized carbons (Fsp3) is 0.556. The summed E-state index contributed by atoms with van der Waals surface area (Å²) in [7, 11) is 0. The minimum atomic E-state index is -0.384. The summed E-state index contributed by atoms with van der Waals surface area (Å²) in [5.41, 5.74) is 11.7. The molecule has 7 heteroatoms.